The van der Waals surface area contributed by atoms with Crippen molar-refractivity contribution in [2.24, 2.45) is 0 Å². The van der Waals surface area contributed by atoms with Crippen molar-refractivity contribution in [3.8, 4) is 22.3 Å². The Hall–Kier alpha value is -4.14. The lowest BCUT2D eigenvalue weighted by atomic mass is 9.87. The molecular formula is C32H19NS. The zero-order valence-corrected chi connectivity index (χ0v) is 19.1. The van der Waals surface area contributed by atoms with Crippen molar-refractivity contribution in [1.82, 2.24) is 0 Å². The van der Waals surface area contributed by atoms with Gasteiger partial charge in [0, 0.05) is 42.5 Å². The third-order valence-electron chi connectivity index (χ3n) is 7.18. The van der Waals surface area contributed by atoms with Gasteiger partial charge in [-0.3, -0.25) is 0 Å². The Kier molecular flexibility index (Phi) is 3.60. The summed E-state index contributed by atoms with van der Waals surface area (Å²) in [5.74, 6) is 0. The van der Waals surface area contributed by atoms with Gasteiger partial charge in [0.05, 0.1) is 0 Å². The molecule has 1 N–H and O–H groups in total. The topological polar surface area (TPSA) is 12.0 Å². The molecule has 0 radical (unpaired) electrons. The molecule has 0 atom stereocenters. The molecule has 1 aliphatic rings. The van der Waals surface area contributed by atoms with Crippen LogP contribution in [0.5, 0.6) is 0 Å². The van der Waals surface area contributed by atoms with Crippen molar-refractivity contribution in [1.29, 1.82) is 0 Å². The first kappa shape index (κ1) is 18.3. The standard InChI is InChI=1S/C32H19NS/c1-2-7-20-17-29-27(16-19(20)6-1)26-15-14-22(25-9-5-10-28(33-29)32(25)26)21-12-13-24-23-8-3-4-11-30(23)34-31(24)18-21/h1-18,33H. The minimum atomic E-state index is 1.18. The lowest BCUT2D eigenvalue weighted by Crippen LogP contribution is -2.01. The van der Waals surface area contributed by atoms with Gasteiger partial charge in [-0.2, -0.15) is 0 Å². The molecular weight excluding hydrogens is 430 g/mol. The Balaban J connectivity index is 1.38. The maximum absolute atomic E-state index is 3.73. The second-order valence-corrected chi connectivity index (χ2v) is 10.2. The fraction of sp³-hybridized carbons (Fsp3) is 0. The van der Waals surface area contributed by atoms with Gasteiger partial charge in [-0.05, 0) is 63.2 Å². The second-order valence-electron chi connectivity index (χ2n) is 9.07. The van der Waals surface area contributed by atoms with Gasteiger partial charge in [0.1, 0.15) is 0 Å². The minimum Gasteiger partial charge on any atom is -0.354 e. The predicted molar refractivity (Wildman–Crippen MR) is 148 cm³/mol. The summed E-state index contributed by atoms with van der Waals surface area (Å²) in [5.41, 5.74) is 7.49. The van der Waals surface area contributed by atoms with Crippen LogP contribution in [0.2, 0.25) is 0 Å². The van der Waals surface area contributed by atoms with Crippen LogP contribution < -0.4 is 5.32 Å². The van der Waals surface area contributed by atoms with Crippen LogP contribution in [0.15, 0.2) is 109 Å². The summed E-state index contributed by atoms with van der Waals surface area (Å²) in [6.45, 7) is 0. The molecule has 2 heterocycles. The quantitative estimate of drug-likeness (QED) is 0.263. The highest BCUT2D eigenvalue weighted by molar-refractivity contribution is 7.25. The van der Waals surface area contributed by atoms with Crippen molar-refractivity contribution in [2.45, 2.75) is 0 Å². The van der Waals surface area contributed by atoms with E-state index < -0.39 is 0 Å². The van der Waals surface area contributed by atoms with Crippen LogP contribution in [0, 0.1) is 0 Å². The molecule has 0 spiro atoms. The Labute approximate surface area is 200 Å². The van der Waals surface area contributed by atoms with Crippen LogP contribution in [-0.2, 0) is 0 Å². The van der Waals surface area contributed by atoms with E-state index in [0.717, 1.165) is 0 Å². The van der Waals surface area contributed by atoms with Crippen LogP contribution in [0.25, 0.3) is 64.0 Å². The fourth-order valence-electron chi connectivity index (χ4n) is 5.59. The van der Waals surface area contributed by atoms with Crippen molar-refractivity contribution < 1.29 is 0 Å². The minimum absolute atomic E-state index is 1.18. The van der Waals surface area contributed by atoms with Gasteiger partial charge in [-0.25, -0.2) is 0 Å². The van der Waals surface area contributed by atoms with Crippen LogP contribution in [0.3, 0.4) is 0 Å². The van der Waals surface area contributed by atoms with Crippen LogP contribution in [-0.4, -0.2) is 0 Å². The van der Waals surface area contributed by atoms with Gasteiger partial charge in [-0.15, -0.1) is 11.3 Å². The van der Waals surface area contributed by atoms with E-state index in [1.165, 1.54) is 75.3 Å². The van der Waals surface area contributed by atoms with E-state index in [2.05, 4.69) is 115 Å². The number of nitrogens with one attached hydrogen (secondary N) is 1. The van der Waals surface area contributed by atoms with Gasteiger partial charge in [-0.1, -0.05) is 78.9 Å². The van der Waals surface area contributed by atoms with Crippen molar-refractivity contribution in [3.05, 3.63) is 109 Å². The van der Waals surface area contributed by atoms with Crippen molar-refractivity contribution in [2.75, 3.05) is 5.32 Å². The third-order valence-corrected chi connectivity index (χ3v) is 8.31. The molecule has 0 amide bonds. The van der Waals surface area contributed by atoms with E-state index in [1.54, 1.807) is 0 Å². The highest BCUT2D eigenvalue weighted by Crippen LogP contribution is 2.48. The zero-order chi connectivity index (χ0) is 22.2. The third kappa shape index (κ3) is 2.49. The van der Waals surface area contributed by atoms with Crippen LogP contribution in [0.1, 0.15) is 0 Å². The SMILES string of the molecule is c1ccc2cc3c(cc2c1)Nc1cccc2c(-c4ccc5c(c4)sc4ccccc45)ccc-3c12. The summed E-state index contributed by atoms with van der Waals surface area (Å²) in [5, 5.41) is 11.5. The lowest BCUT2D eigenvalue weighted by molar-refractivity contribution is 1.55. The smallest absolute Gasteiger partial charge is 0.0470 e. The Morgan fingerprint density at radius 1 is 0.471 bits per heavy atom. The van der Waals surface area contributed by atoms with Gasteiger partial charge in [0.15, 0.2) is 0 Å². The summed E-state index contributed by atoms with van der Waals surface area (Å²) >= 11 is 1.88. The fourth-order valence-corrected chi connectivity index (χ4v) is 6.74. The molecule has 2 heteroatoms. The molecule has 0 saturated carbocycles. The normalized spacial score (nSPS) is 12.4. The zero-order valence-electron chi connectivity index (χ0n) is 18.3. The van der Waals surface area contributed by atoms with E-state index in [4.69, 9.17) is 0 Å². The number of rotatable bonds is 1. The second kappa shape index (κ2) is 6.69. The maximum Gasteiger partial charge on any atom is 0.0470 e. The molecule has 0 saturated heterocycles. The van der Waals surface area contributed by atoms with Gasteiger partial charge >= 0.3 is 0 Å². The highest BCUT2D eigenvalue weighted by Gasteiger charge is 2.20. The molecule has 7 aromatic rings. The molecule has 1 aromatic heterocycles. The first-order valence-corrected chi connectivity index (χ1v) is 12.4. The van der Waals surface area contributed by atoms with Crippen LogP contribution >= 0.6 is 11.3 Å². The largest absolute Gasteiger partial charge is 0.354 e. The Morgan fingerprint density at radius 2 is 1.24 bits per heavy atom. The van der Waals surface area contributed by atoms with E-state index in [1.807, 2.05) is 11.3 Å². The molecule has 8 rings (SSSR count). The number of benzene rings is 6. The van der Waals surface area contributed by atoms with E-state index in [0.29, 0.717) is 0 Å². The van der Waals surface area contributed by atoms with Gasteiger partial charge in [0.2, 0.25) is 0 Å². The molecule has 0 aliphatic carbocycles. The lowest BCUT2D eigenvalue weighted by Gasteiger charge is -2.24. The van der Waals surface area contributed by atoms with E-state index in [9.17, 15) is 0 Å². The van der Waals surface area contributed by atoms with Crippen molar-refractivity contribution >= 4 is 64.4 Å². The van der Waals surface area contributed by atoms with E-state index >= 15 is 0 Å². The predicted octanol–water partition coefficient (Wildman–Crippen LogP) is 9.75. The average Bonchev–Trinajstić information content (AvgIpc) is 3.26. The first-order valence-electron chi connectivity index (χ1n) is 11.6. The summed E-state index contributed by atoms with van der Waals surface area (Å²) in [6.07, 6.45) is 0. The molecule has 34 heavy (non-hydrogen) atoms. The Bertz CT molecular complexity index is 1940. The van der Waals surface area contributed by atoms with Crippen molar-refractivity contribution in [3.63, 3.8) is 0 Å². The molecule has 0 bridgehead atoms. The Morgan fingerprint density at radius 3 is 2.18 bits per heavy atom. The molecule has 0 fully saturated rings. The number of thiophene rings is 1. The summed E-state index contributed by atoms with van der Waals surface area (Å²) in [7, 11) is 0. The molecule has 158 valence electrons. The molecule has 1 nitrogen and oxygen atoms in total. The van der Waals surface area contributed by atoms with E-state index in [-0.39, 0.29) is 0 Å². The molecule has 0 unspecified atom stereocenters. The number of hydrogen-bond acceptors (Lipinski definition) is 2. The van der Waals surface area contributed by atoms with Gasteiger partial charge < -0.3 is 5.32 Å². The highest BCUT2D eigenvalue weighted by atomic mass is 32.1. The maximum atomic E-state index is 3.73. The van der Waals surface area contributed by atoms with Crippen LogP contribution in [0.4, 0.5) is 11.4 Å². The average molecular weight is 450 g/mol. The monoisotopic (exact) mass is 449 g/mol. The van der Waals surface area contributed by atoms with Gasteiger partial charge in [0.25, 0.3) is 0 Å². The molecule has 1 aliphatic heterocycles. The number of anilines is 2. The number of hydrogen-bond donors (Lipinski definition) is 1. The number of fused-ring (bicyclic) bond motifs is 6. The first-order chi connectivity index (χ1) is 16.8. The summed E-state index contributed by atoms with van der Waals surface area (Å²) in [6, 6.07) is 40.1. The summed E-state index contributed by atoms with van der Waals surface area (Å²) < 4.78 is 2.69. The summed E-state index contributed by atoms with van der Waals surface area (Å²) in [4.78, 5) is 0. The molecule has 6 aromatic carbocycles.